The maximum absolute atomic E-state index is 12.4. The summed E-state index contributed by atoms with van der Waals surface area (Å²) in [6, 6.07) is 5.91. The highest BCUT2D eigenvalue weighted by Crippen LogP contribution is 2.17. The zero-order valence-corrected chi connectivity index (χ0v) is 15.5. The van der Waals surface area contributed by atoms with Gasteiger partial charge in [0.15, 0.2) is 0 Å². The molecule has 0 aromatic carbocycles. The summed E-state index contributed by atoms with van der Waals surface area (Å²) in [6.07, 6.45) is 2.27. The third kappa shape index (κ3) is 4.66. The van der Waals surface area contributed by atoms with Crippen molar-refractivity contribution in [1.29, 1.82) is 0 Å². The van der Waals surface area contributed by atoms with Crippen molar-refractivity contribution >= 4 is 28.4 Å². The molecule has 134 valence electrons. The lowest BCUT2D eigenvalue weighted by atomic mass is 10.2. The number of hydrogen-bond donors (Lipinski definition) is 1. The van der Waals surface area contributed by atoms with Crippen molar-refractivity contribution in [3.05, 3.63) is 30.2 Å². The fourth-order valence-electron chi connectivity index (χ4n) is 2.70. The number of hydrogen-bond acceptors (Lipinski definition) is 7. The number of piperazine rings is 1. The van der Waals surface area contributed by atoms with Gasteiger partial charge in [-0.1, -0.05) is 19.9 Å². The van der Waals surface area contributed by atoms with Gasteiger partial charge in [-0.05, 0) is 12.1 Å². The third-order valence-corrected chi connectivity index (χ3v) is 4.87. The topological polar surface area (TPSA) is 74.2 Å². The van der Waals surface area contributed by atoms with Crippen LogP contribution in [0.3, 0.4) is 0 Å². The summed E-state index contributed by atoms with van der Waals surface area (Å²) in [4.78, 5) is 25.3. The number of rotatable bonds is 6. The van der Waals surface area contributed by atoms with E-state index in [2.05, 4.69) is 38.4 Å². The van der Waals surface area contributed by atoms with Crippen LogP contribution in [0.1, 0.15) is 32.0 Å². The normalized spacial score (nSPS) is 14.8. The maximum atomic E-state index is 12.4. The quantitative estimate of drug-likeness (QED) is 0.851. The molecule has 8 heteroatoms. The molecule has 0 spiro atoms. The van der Waals surface area contributed by atoms with Gasteiger partial charge in [0.1, 0.15) is 11.6 Å². The van der Waals surface area contributed by atoms with E-state index in [0.717, 1.165) is 43.0 Å². The molecule has 2 aromatic heterocycles. The van der Waals surface area contributed by atoms with Crippen molar-refractivity contribution in [2.45, 2.75) is 26.2 Å². The van der Waals surface area contributed by atoms with Crippen LogP contribution in [-0.4, -0.2) is 57.9 Å². The molecule has 0 saturated carbocycles. The Hall–Kier alpha value is -2.22. The van der Waals surface area contributed by atoms with E-state index in [9.17, 15) is 4.79 Å². The Balaban J connectivity index is 1.40. The molecule has 7 nitrogen and oxygen atoms in total. The smallest absolute Gasteiger partial charge is 0.224 e. The van der Waals surface area contributed by atoms with Gasteiger partial charge in [-0.2, -0.15) is 4.37 Å². The number of amides is 1. The SMILES string of the molecule is CC(C)c1nsc(NCCC(=O)N2CCN(c3ccccn3)CC2)n1. The Morgan fingerprint density at radius 3 is 2.72 bits per heavy atom. The van der Waals surface area contributed by atoms with Crippen LogP contribution in [0.4, 0.5) is 10.9 Å². The number of anilines is 2. The van der Waals surface area contributed by atoms with Gasteiger partial charge in [0.05, 0.1) is 0 Å². The first-order chi connectivity index (χ1) is 12.1. The molecule has 25 heavy (non-hydrogen) atoms. The van der Waals surface area contributed by atoms with Crippen LogP contribution in [0.15, 0.2) is 24.4 Å². The van der Waals surface area contributed by atoms with E-state index in [1.54, 1.807) is 6.20 Å². The van der Waals surface area contributed by atoms with E-state index in [1.807, 2.05) is 23.1 Å². The van der Waals surface area contributed by atoms with Crippen LogP contribution >= 0.6 is 11.5 Å². The van der Waals surface area contributed by atoms with Gasteiger partial charge in [-0.25, -0.2) is 9.97 Å². The Morgan fingerprint density at radius 1 is 1.28 bits per heavy atom. The van der Waals surface area contributed by atoms with Crippen molar-refractivity contribution in [2.24, 2.45) is 0 Å². The molecule has 0 aliphatic carbocycles. The van der Waals surface area contributed by atoms with Gasteiger partial charge < -0.3 is 15.1 Å². The van der Waals surface area contributed by atoms with E-state index < -0.39 is 0 Å². The second-order valence-corrected chi connectivity index (χ2v) is 7.10. The largest absolute Gasteiger partial charge is 0.360 e. The summed E-state index contributed by atoms with van der Waals surface area (Å²) < 4.78 is 4.30. The Bertz CT molecular complexity index is 681. The Kier molecular flexibility index (Phi) is 5.80. The predicted octanol–water partition coefficient (Wildman–Crippen LogP) is 2.21. The molecular weight excluding hydrogens is 336 g/mol. The molecule has 1 aliphatic heterocycles. The van der Waals surface area contributed by atoms with E-state index in [1.165, 1.54) is 11.5 Å². The second-order valence-electron chi connectivity index (χ2n) is 6.34. The summed E-state index contributed by atoms with van der Waals surface area (Å²) >= 11 is 1.35. The molecule has 1 aliphatic rings. The summed E-state index contributed by atoms with van der Waals surface area (Å²) in [5.74, 6) is 2.34. The molecule has 2 aromatic rings. The summed E-state index contributed by atoms with van der Waals surface area (Å²) in [5, 5.41) is 3.99. The van der Waals surface area contributed by atoms with Gasteiger partial charge >= 0.3 is 0 Å². The van der Waals surface area contributed by atoms with E-state index in [0.29, 0.717) is 18.9 Å². The minimum atomic E-state index is 0.182. The molecule has 3 heterocycles. The Morgan fingerprint density at radius 2 is 2.08 bits per heavy atom. The first-order valence-electron chi connectivity index (χ1n) is 8.64. The molecule has 0 atom stereocenters. The molecule has 1 amide bonds. The summed E-state index contributed by atoms with van der Waals surface area (Å²) in [7, 11) is 0. The zero-order valence-electron chi connectivity index (χ0n) is 14.7. The lowest BCUT2D eigenvalue weighted by Gasteiger charge is -2.35. The van der Waals surface area contributed by atoms with Crippen molar-refractivity contribution < 1.29 is 4.79 Å². The van der Waals surface area contributed by atoms with Crippen LogP contribution in [0.2, 0.25) is 0 Å². The lowest BCUT2D eigenvalue weighted by Crippen LogP contribution is -2.49. The number of nitrogens with one attached hydrogen (secondary N) is 1. The predicted molar refractivity (Wildman–Crippen MR) is 100 cm³/mol. The van der Waals surface area contributed by atoms with Crippen molar-refractivity contribution in [3.63, 3.8) is 0 Å². The van der Waals surface area contributed by atoms with Gasteiger partial charge in [0.2, 0.25) is 11.0 Å². The monoisotopic (exact) mass is 360 g/mol. The van der Waals surface area contributed by atoms with Crippen molar-refractivity contribution in [1.82, 2.24) is 19.2 Å². The lowest BCUT2D eigenvalue weighted by molar-refractivity contribution is -0.131. The molecule has 0 bridgehead atoms. The molecular formula is C17H24N6OS. The number of aromatic nitrogens is 3. The second kappa shape index (κ2) is 8.24. The Labute approximate surface area is 152 Å². The van der Waals surface area contributed by atoms with Gasteiger partial charge in [-0.3, -0.25) is 4.79 Å². The van der Waals surface area contributed by atoms with Crippen LogP contribution in [0.25, 0.3) is 0 Å². The highest BCUT2D eigenvalue weighted by Gasteiger charge is 2.21. The van der Waals surface area contributed by atoms with Crippen LogP contribution in [-0.2, 0) is 4.79 Å². The first-order valence-corrected chi connectivity index (χ1v) is 9.42. The highest BCUT2D eigenvalue weighted by atomic mass is 32.1. The van der Waals surface area contributed by atoms with Crippen LogP contribution in [0.5, 0.6) is 0 Å². The highest BCUT2D eigenvalue weighted by molar-refractivity contribution is 7.09. The average Bonchev–Trinajstić information content (AvgIpc) is 3.12. The zero-order chi connectivity index (χ0) is 17.6. The molecule has 1 N–H and O–H groups in total. The van der Waals surface area contributed by atoms with E-state index in [-0.39, 0.29) is 5.91 Å². The maximum Gasteiger partial charge on any atom is 0.224 e. The van der Waals surface area contributed by atoms with Crippen LogP contribution in [0, 0.1) is 0 Å². The molecule has 0 unspecified atom stereocenters. The number of pyridine rings is 1. The van der Waals surface area contributed by atoms with Gasteiger partial charge in [0, 0.05) is 62.8 Å². The summed E-state index contributed by atoms with van der Waals surface area (Å²) in [6.45, 7) is 7.86. The molecule has 1 saturated heterocycles. The fourth-order valence-corrected chi connectivity index (χ4v) is 3.43. The van der Waals surface area contributed by atoms with Crippen LogP contribution < -0.4 is 10.2 Å². The third-order valence-electron chi connectivity index (χ3n) is 4.18. The van der Waals surface area contributed by atoms with Gasteiger partial charge in [0.25, 0.3) is 0 Å². The number of carbonyl (C=O) groups excluding carboxylic acids is 1. The molecule has 1 fully saturated rings. The molecule has 3 rings (SSSR count). The molecule has 0 radical (unpaired) electrons. The fraction of sp³-hybridized carbons (Fsp3) is 0.529. The number of nitrogens with zero attached hydrogens (tertiary/aromatic N) is 5. The average molecular weight is 360 g/mol. The standard InChI is InChI=1S/C17H24N6OS/c1-13(2)16-20-17(25-21-16)19-8-6-15(24)23-11-9-22(10-12-23)14-5-3-4-7-18-14/h3-5,7,13H,6,8-12H2,1-2H3,(H,19,20,21). The van der Waals surface area contributed by atoms with E-state index >= 15 is 0 Å². The summed E-state index contributed by atoms with van der Waals surface area (Å²) in [5.41, 5.74) is 0. The number of carbonyl (C=O) groups is 1. The van der Waals surface area contributed by atoms with Crippen molar-refractivity contribution in [3.8, 4) is 0 Å². The van der Waals surface area contributed by atoms with Crippen molar-refractivity contribution in [2.75, 3.05) is 42.9 Å². The first kappa shape index (κ1) is 17.6. The minimum Gasteiger partial charge on any atom is -0.360 e. The van der Waals surface area contributed by atoms with E-state index in [4.69, 9.17) is 0 Å². The van der Waals surface area contributed by atoms with Gasteiger partial charge in [-0.15, -0.1) is 0 Å². The minimum absolute atomic E-state index is 0.182.